The summed E-state index contributed by atoms with van der Waals surface area (Å²) in [6, 6.07) is 4.20. The lowest BCUT2D eigenvalue weighted by Crippen LogP contribution is -2.62. The second-order valence-corrected chi connectivity index (χ2v) is 14.2. The van der Waals surface area contributed by atoms with Crippen molar-refractivity contribution in [3.05, 3.63) is 34.4 Å². The maximum atomic E-state index is 13.1. The Morgan fingerprint density at radius 1 is 1.08 bits per heavy atom. The third kappa shape index (κ3) is 4.46. The van der Waals surface area contributed by atoms with Crippen LogP contribution in [0.15, 0.2) is 27.6 Å². The first-order chi connectivity index (χ1) is 18.7. The van der Waals surface area contributed by atoms with Crippen LogP contribution < -0.4 is 16.3 Å². The summed E-state index contributed by atoms with van der Waals surface area (Å²) in [5.41, 5.74) is 0.0996. The molecule has 9 atom stereocenters. The summed E-state index contributed by atoms with van der Waals surface area (Å²) in [6.07, 6.45) is 14.7. The van der Waals surface area contributed by atoms with E-state index in [-0.39, 0.29) is 28.4 Å². The van der Waals surface area contributed by atoms with Gasteiger partial charge < -0.3 is 25.1 Å². The predicted octanol–water partition coefficient (Wildman–Crippen LogP) is 5.03. The van der Waals surface area contributed by atoms with Crippen molar-refractivity contribution in [3.8, 4) is 0 Å². The summed E-state index contributed by atoms with van der Waals surface area (Å²) in [6.45, 7) is 6.58. The normalized spacial score (nSPS) is 43.6. The zero-order chi connectivity index (χ0) is 27.4. The van der Waals surface area contributed by atoms with Crippen molar-refractivity contribution in [1.29, 1.82) is 0 Å². The first-order valence-corrected chi connectivity index (χ1v) is 15.7. The molecular formula is C32H49N3O4. The fourth-order valence-corrected chi connectivity index (χ4v) is 10.3. The van der Waals surface area contributed by atoms with E-state index in [1.165, 1.54) is 18.9 Å². The topological polar surface area (TPSA) is 94.8 Å². The van der Waals surface area contributed by atoms with E-state index in [9.17, 15) is 14.7 Å². The summed E-state index contributed by atoms with van der Waals surface area (Å²) in [5, 5.41) is 19.2. The average Bonchev–Trinajstić information content (AvgIpc) is 3.23. The van der Waals surface area contributed by atoms with Crippen molar-refractivity contribution in [2.75, 3.05) is 20.1 Å². The maximum Gasteiger partial charge on any atom is 0.335 e. The van der Waals surface area contributed by atoms with E-state index >= 15 is 0 Å². The lowest BCUT2D eigenvalue weighted by Gasteiger charge is -2.64. The monoisotopic (exact) mass is 539 g/mol. The molecule has 1 aromatic rings. The number of amides is 2. The van der Waals surface area contributed by atoms with Crippen molar-refractivity contribution < 1.29 is 14.3 Å². The number of urea groups is 1. The molecule has 1 saturated heterocycles. The van der Waals surface area contributed by atoms with Gasteiger partial charge in [-0.05, 0) is 118 Å². The lowest BCUT2D eigenvalue weighted by molar-refractivity contribution is -0.203. The SMILES string of the molecule is CN(C(=O)NC[C@@H]1CCCCN1)[C@H]1CC[C@@]2(C)[C@H](CC[C@@H]3[C@@H]2CC[C@]2(C)[C@@H](c4ccc(=O)oc4)CC[C@]32O)C1. The highest BCUT2D eigenvalue weighted by atomic mass is 16.4. The van der Waals surface area contributed by atoms with Gasteiger partial charge >= 0.3 is 11.7 Å². The van der Waals surface area contributed by atoms with Crippen LogP contribution in [0.3, 0.4) is 0 Å². The zero-order valence-electron chi connectivity index (χ0n) is 24.2. The van der Waals surface area contributed by atoms with Gasteiger partial charge in [-0.3, -0.25) is 0 Å². The van der Waals surface area contributed by atoms with E-state index in [2.05, 4.69) is 24.5 Å². The third-order valence-corrected chi connectivity index (χ3v) is 12.7. The Morgan fingerprint density at radius 3 is 2.67 bits per heavy atom. The number of aliphatic hydroxyl groups is 1. The van der Waals surface area contributed by atoms with Gasteiger partial charge in [-0.25, -0.2) is 9.59 Å². The molecule has 39 heavy (non-hydrogen) atoms. The standard InChI is InChI=1S/C32H49N3O4/c1-30-14-11-24(35(3)29(37)34-19-23-6-4-5-17-33-23)18-22(30)8-9-27-26(30)12-15-31(2)25(13-16-32(27,31)38)21-7-10-28(36)39-20-21/h7,10,20,22-27,33,38H,4-6,8-9,11-19H2,1-3H3,(H,34,37)/t22-,23+,24+,25-,26+,27-,30+,31-,32+/m1/s1. The van der Waals surface area contributed by atoms with Gasteiger partial charge in [0.2, 0.25) is 0 Å². The summed E-state index contributed by atoms with van der Waals surface area (Å²) in [5.74, 6) is 1.67. The molecule has 2 heterocycles. The van der Waals surface area contributed by atoms with E-state index in [1.807, 2.05) is 18.0 Å². The molecule has 7 heteroatoms. The fraction of sp³-hybridized carbons (Fsp3) is 0.812. The van der Waals surface area contributed by atoms with Crippen LogP contribution in [0.2, 0.25) is 0 Å². The molecule has 0 spiro atoms. The van der Waals surface area contributed by atoms with Crippen molar-refractivity contribution >= 4 is 6.03 Å². The number of carbonyl (C=O) groups is 1. The zero-order valence-corrected chi connectivity index (χ0v) is 24.2. The Morgan fingerprint density at radius 2 is 1.92 bits per heavy atom. The number of fused-ring (bicyclic) bond motifs is 5. The van der Waals surface area contributed by atoms with Crippen molar-refractivity contribution in [2.45, 2.75) is 114 Å². The molecule has 0 unspecified atom stereocenters. The smallest absolute Gasteiger partial charge is 0.335 e. The quantitative estimate of drug-likeness (QED) is 0.499. The lowest BCUT2D eigenvalue weighted by atomic mass is 9.43. The van der Waals surface area contributed by atoms with E-state index in [1.54, 1.807) is 6.26 Å². The van der Waals surface area contributed by atoms with Crippen molar-refractivity contribution in [2.24, 2.45) is 28.6 Å². The largest absolute Gasteiger partial charge is 0.431 e. The van der Waals surface area contributed by atoms with Gasteiger partial charge in [-0.15, -0.1) is 0 Å². The second kappa shape index (κ2) is 10.2. The molecule has 4 saturated carbocycles. The molecule has 0 aromatic carbocycles. The number of nitrogens with zero attached hydrogens (tertiary/aromatic N) is 1. The van der Waals surface area contributed by atoms with Crippen LogP contribution in [0.5, 0.6) is 0 Å². The Hall–Kier alpha value is -1.86. The van der Waals surface area contributed by atoms with Crippen LogP contribution in [0.1, 0.15) is 102 Å². The molecule has 216 valence electrons. The summed E-state index contributed by atoms with van der Waals surface area (Å²) < 4.78 is 5.24. The van der Waals surface area contributed by atoms with Crippen LogP contribution in [-0.2, 0) is 0 Å². The highest BCUT2D eigenvalue weighted by molar-refractivity contribution is 5.74. The first-order valence-electron chi connectivity index (χ1n) is 15.7. The van der Waals surface area contributed by atoms with E-state index in [4.69, 9.17) is 4.42 Å². The number of carbonyl (C=O) groups excluding carboxylic acids is 1. The van der Waals surface area contributed by atoms with E-state index in [0.717, 1.165) is 76.3 Å². The van der Waals surface area contributed by atoms with Crippen molar-refractivity contribution in [3.63, 3.8) is 0 Å². The summed E-state index contributed by atoms with van der Waals surface area (Å²) >= 11 is 0. The number of rotatable bonds is 4. The summed E-state index contributed by atoms with van der Waals surface area (Å²) in [7, 11) is 1.99. The number of hydrogen-bond acceptors (Lipinski definition) is 5. The molecule has 0 bridgehead atoms. The minimum Gasteiger partial charge on any atom is -0.431 e. The molecule has 3 N–H and O–H groups in total. The third-order valence-electron chi connectivity index (χ3n) is 12.7. The van der Waals surface area contributed by atoms with Crippen LogP contribution in [-0.4, -0.2) is 53.9 Å². The number of nitrogens with one attached hydrogen (secondary N) is 2. The average molecular weight is 540 g/mol. The number of piperidine rings is 1. The van der Waals surface area contributed by atoms with E-state index < -0.39 is 5.60 Å². The highest BCUT2D eigenvalue weighted by Gasteiger charge is 2.67. The van der Waals surface area contributed by atoms with Crippen LogP contribution in [0, 0.1) is 28.6 Å². The van der Waals surface area contributed by atoms with Crippen LogP contribution in [0.25, 0.3) is 0 Å². The molecule has 4 aliphatic carbocycles. The number of hydrogen-bond donors (Lipinski definition) is 3. The highest BCUT2D eigenvalue weighted by Crippen LogP contribution is 2.70. The molecule has 0 radical (unpaired) electrons. The van der Waals surface area contributed by atoms with Gasteiger partial charge in [-0.1, -0.05) is 20.3 Å². The second-order valence-electron chi connectivity index (χ2n) is 14.2. The van der Waals surface area contributed by atoms with Crippen LogP contribution >= 0.6 is 0 Å². The molecule has 7 nitrogen and oxygen atoms in total. The molecule has 5 fully saturated rings. The molecule has 1 aromatic heterocycles. The predicted molar refractivity (Wildman–Crippen MR) is 151 cm³/mol. The molecule has 6 rings (SSSR count). The first kappa shape index (κ1) is 27.3. The van der Waals surface area contributed by atoms with Gasteiger partial charge in [0.25, 0.3) is 0 Å². The van der Waals surface area contributed by atoms with Crippen LogP contribution in [0.4, 0.5) is 4.79 Å². The van der Waals surface area contributed by atoms with Gasteiger partial charge in [-0.2, -0.15) is 0 Å². The molecule has 5 aliphatic rings. The fourth-order valence-electron chi connectivity index (χ4n) is 10.3. The minimum atomic E-state index is -0.675. The van der Waals surface area contributed by atoms with E-state index in [0.29, 0.717) is 36.4 Å². The van der Waals surface area contributed by atoms with Gasteiger partial charge in [0.05, 0.1) is 11.9 Å². The molecular weight excluding hydrogens is 490 g/mol. The van der Waals surface area contributed by atoms with Crippen molar-refractivity contribution in [1.82, 2.24) is 15.5 Å². The Bertz CT molecular complexity index is 1100. The maximum absolute atomic E-state index is 13.1. The molecule has 2 amide bonds. The minimum absolute atomic E-state index is 0.0705. The van der Waals surface area contributed by atoms with Gasteiger partial charge in [0.1, 0.15) is 0 Å². The molecule has 1 aliphatic heterocycles. The Kier molecular flexibility index (Phi) is 7.15. The Balaban J connectivity index is 1.12. The summed E-state index contributed by atoms with van der Waals surface area (Å²) in [4.78, 5) is 26.6. The Labute approximate surface area is 233 Å². The van der Waals surface area contributed by atoms with Gasteiger partial charge in [0.15, 0.2) is 0 Å². The van der Waals surface area contributed by atoms with Gasteiger partial charge in [0, 0.05) is 37.2 Å².